The zero-order valence-corrected chi connectivity index (χ0v) is 15.7. The Hall–Kier alpha value is -1.65. The second kappa shape index (κ2) is 5.68. The number of amides is 1. The number of hydrogen-bond donors (Lipinski definition) is 2. The van der Waals surface area contributed by atoms with E-state index in [4.69, 9.17) is 0 Å². The summed E-state index contributed by atoms with van der Waals surface area (Å²) in [6.45, 7) is 1.59. The third kappa shape index (κ3) is 2.81. The highest BCUT2D eigenvalue weighted by Gasteiger charge is 2.35. The van der Waals surface area contributed by atoms with E-state index in [0.717, 1.165) is 26.8 Å². The Bertz CT molecular complexity index is 1010. The Kier molecular flexibility index (Phi) is 3.82. The van der Waals surface area contributed by atoms with Crippen LogP contribution in [0.15, 0.2) is 22.0 Å². The van der Waals surface area contributed by atoms with Gasteiger partial charge in [-0.1, -0.05) is 0 Å². The Balaban J connectivity index is 1.85. The summed E-state index contributed by atoms with van der Waals surface area (Å²) in [5.41, 5.74) is 0.0235. The number of thiophene rings is 2. The fourth-order valence-corrected chi connectivity index (χ4v) is 5.29. The summed E-state index contributed by atoms with van der Waals surface area (Å²) in [4.78, 5) is 17.6. The van der Waals surface area contributed by atoms with Crippen LogP contribution in [-0.4, -0.2) is 10.9 Å². The van der Waals surface area contributed by atoms with Crippen LogP contribution in [0.3, 0.4) is 0 Å². The third-order valence-electron chi connectivity index (χ3n) is 3.79. The van der Waals surface area contributed by atoms with Gasteiger partial charge in [-0.3, -0.25) is 4.79 Å². The largest absolute Gasteiger partial charge is 0.433 e. The number of carbonyl (C=O) groups is 1. The molecule has 3 aromatic rings. The van der Waals surface area contributed by atoms with Crippen LogP contribution in [0.5, 0.6) is 0 Å². The molecule has 1 aliphatic rings. The monoisotopic (exact) mass is 447 g/mol. The standard InChI is InChI=1S/C15H9BrF3N3OS2/c1-5-2-8(15(17,18)19)20-14-9(5)10-11(25-14)13(23)22-12(21-10)7-3-6(16)4-24-7/h2-4,12,21H,1H3,(H,22,23)/t12-/m1/s1. The van der Waals surface area contributed by atoms with Crippen LogP contribution in [0.4, 0.5) is 18.9 Å². The van der Waals surface area contributed by atoms with Crippen LogP contribution < -0.4 is 10.6 Å². The van der Waals surface area contributed by atoms with Crippen LogP contribution in [0, 0.1) is 6.92 Å². The summed E-state index contributed by atoms with van der Waals surface area (Å²) in [6.07, 6.45) is -4.96. The van der Waals surface area contributed by atoms with Crippen molar-refractivity contribution in [2.75, 3.05) is 5.32 Å². The first-order valence-corrected chi connectivity index (χ1v) is 9.55. The zero-order chi connectivity index (χ0) is 17.9. The van der Waals surface area contributed by atoms with Crippen LogP contribution >= 0.6 is 38.6 Å². The molecule has 0 aliphatic carbocycles. The average molecular weight is 448 g/mol. The van der Waals surface area contributed by atoms with Gasteiger partial charge in [-0.2, -0.15) is 13.2 Å². The van der Waals surface area contributed by atoms with E-state index in [9.17, 15) is 18.0 Å². The SMILES string of the molecule is Cc1cc(C(F)(F)F)nc2sc3c(c12)N[C@@H](c1cc(Br)cs1)NC3=O. The van der Waals surface area contributed by atoms with Crippen molar-refractivity contribution in [2.45, 2.75) is 19.3 Å². The van der Waals surface area contributed by atoms with Gasteiger partial charge in [-0.15, -0.1) is 22.7 Å². The molecule has 4 rings (SSSR count). The summed E-state index contributed by atoms with van der Waals surface area (Å²) in [5, 5.41) is 8.51. The number of alkyl halides is 3. The number of pyridine rings is 1. The van der Waals surface area contributed by atoms with E-state index in [0.29, 0.717) is 21.5 Å². The van der Waals surface area contributed by atoms with E-state index in [1.807, 2.05) is 11.4 Å². The topological polar surface area (TPSA) is 54.0 Å². The van der Waals surface area contributed by atoms with Gasteiger partial charge < -0.3 is 10.6 Å². The number of nitrogens with zero attached hydrogens (tertiary/aromatic N) is 1. The average Bonchev–Trinajstić information content (AvgIpc) is 3.10. The molecule has 0 spiro atoms. The van der Waals surface area contributed by atoms with E-state index in [-0.39, 0.29) is 10.7 Å². The molecule has 1 aliphatic heterocycles. The highest BCUT2D eigenvalue weighted by atomic mass is 79.9. The molecule has 130 valence electrons. The minimum absolute atomic E-state index is 0.202. The molecule has 10 heteroatoms. The highest BCUT2D eigenvalue weighted by Crippen LogP contribution is 2.43. The third-order valence-corrected chi connectivity index (χ3v) is 6.63. The molecule has 4 heterocycles. The lowest BCUT2D eigenvalue weighted by Crippen LogP contribution is -2.37. The predicted molar refractivity (Wildman–Crippen MR) is 95.2 cm³/mol. The fraction of sp³-hybridized carbons (Fsp3) is 0.200. The van der Waals surface area contributed by atoms with Crippen molar-refractivity contribution >= 4 is 60.4 Å². The van der Waals surface area contributed by atoms with Gasteiger partial charge in [0, 0.05) is 20.1 Å². The number of aryl methyl sites for hydroxylation is 1. The van der Waals surface area contributed by atoms with E-state index < -0.39 is 18.0 Å². The molecule has 0 saturated carbocycles. The van der Waals surface area contributed by atoms with Gasteiger partial charge in [0.15, 0.2) is 0 Å². The quantitative estimate of drug-likeness (QED) is 0.531. The number of carbonyl (C=O) groups excluding carboxylic acids is 1. The molecule has 0 aromatic carbocycles. The lowest BCUT2D eigenvalue weighted by Gasteiger charge is -2.25. The van der Waals surface area contributed by atoms with Crippen LogP contribution in [0.25, 0.3) is 10.2 Å². The second-order valence-electron chi connectivity index (χ2n) is 5.53. The van der Waals surface area contributed by atoms with Crippen LogP contribution in [0.2, 0.25) is 0 Å². The maximum atomic E-state index is 13.0. The van der Waals surface area contributed by atoms with Gasteiger partial charge in [0.25, 0.3) is 5.91 Å². The molecular formula is C15H9BrF3N3OS2. The van der Waals surface area contributed by atoms with Crippen LogP contribution in [0.1, 0.15) is 32.0 Å². The highest BCUT2D eigenvalue weighted by molar-refractivity contribution is 9.10. The lowest BCUT2D eigenvalue weighted by molar-refractivity contribution is -0.141. The van der Waals surface area contributed by atoms with Crippen molar-refractivity contribution in [3.05, 3.63) is 43.0 Å². The smallest absolute Gasteiger partial charge is 0.359 e. The van der Waals surface area contributed by atoms with E-state index in [2.05, 4.69) is 31.5 Å². The van der Waals surface area contributed by atoms with E-state index in [1.165, 1.54) is 11.3 Å². The normalized spacial score (nSPS) is 17.3. The molecule has 3 aromatic heterocycles. The van der Waals surface area contributed by atoms with Crippen molar-refractivity contribution in [2.24, 2.45) is 0 Å². The number of fused-ring (bicyclic) bond motifs is 3. The molecular weight excluding hydrogens is 439 g/mol. The summed E-state index contributed by atoms with van der Waals surface area (Å²) in [7, 11) is 0. The van der Waals surface area contributed by atoms with Crippen molar-refractivity contribution in [1.82, 2.24) is 10.3 Å². The minimum Gasteiger partial charge on any atom is -0.359 e. The molecule has 0 fully saturated rings. The summed E-state index contributed by atoms with van der Waals surface area (Å²) in [6, 6.07) is 2.90. The first kappa shape index (κ1) is 16.8. The second-order valence-corrected chi connectivity index (χ2v) is 8.38. The summed E-state index contributed by atoms with van der Waals surface area (Å²) in [5.74, 6) is -0.320. The number of anilines is 1. The summed E-state index contributed by atoms with van der Waals surface area (Å²) < 4.78 is 39.9. The molecule has 4 nitrogen and oxygen atoms in total. The van der Waals surface area contributed by atoms with Crippen molar-refractivity contribution in [3.8, 4) is 0 Å². The Morgan fingerprint density at radius 1 is 1.28 bits per heavy atom. The number of hydrogen-bond acceptors (Lipinski definition) is 5. The Labute approximate surface area is 156 Å². The first-order valence-electron chi connectivity index (χ1n) is 7.06. The number of rotatable bonds is 1. The first-order chi connectivity index (χ1) is 11.7. The maximum absolute atomic E-state index is 13.0. The van der Waals surface area contributed by atoms with Crippen molar-refractivity contribution in [3.63, 3.8) is 0 Å². The fourth-order valence-electron chi connectivity index (χ4n) is 2.72. The van der Waals surface area contributed by atoms with Gasteiger partial charge in [0.1, 0.15) is 21.6 Å². The zero-order valence-electron chi connectivity index (χ0n) is 12.5. The van der Waals surface area contributed by atoms with Gasteiger partial charge >= 0.3 is 6.18 Å². The molecule has 0 bridgehead atoms. The minimum atomic E-state index is -4.52. The lowest BCUT2D eigenvalue weighted by atomic mass is 10.1. The molecule has 1 atom stereocenters. The molecule has 0 radical (unpaired) electrons. The number of nitrogens with one attached hydrogen (secondary N) is 2. The predicted octanol–water partition coefficient (Wildman–Crippen LogP) is 5.30. The molecule has 1 amide bonds. The molecule has 2 N–H and O–H groups in total. The van der Waals surface area contributed by atoms with E-state index in [1.54, 1.807) is 6.92 Å². The maximum Gasteiger partial charge on any atom is 0.433 e. The Morgan fingerprint density at radius 2 is 2.04 bits per heavy atom. The Morgan fingerprint density at radius 3 is 2.68 bits per heavy atom. The molecule has 0 unspecified atom stereocenters. The van der Waals surface area contributed by atoms with Crippen molar-refractivity contribution < 1.29 is 18.0 Å². The van der Waals surface area contributed by atoms with Gasteiger partial charge in [-0.25, -0.2) is 4.98 Å². The van der Waals surface area contributed by atoms with Gasteiger partial charge in [-0.05, 0) is 40.5 Å². The number of aromatic nitrogens is 1. The van der Waals surface area contributed by atoms with E-state index >= 15 is 0 Å². The van der Waals surface area contributed by atoms with Gasteiger partial charge in [0.2, 0.25) is 0 Å². The molecule has 0 saturated heterocycles. The van der Waals surface area contributed by atoms with Crippen LogP contribution in [-0.2, 0) is 6.18 Å². The van der Waals surface area contributed by atoms with Crippen molar-refractivity contribution in [1.29, 1.82) is 0 Å². The number of halogens is 4. The summed E-state index contributed by atoms with van der Waals surface area (Å²) >= 11 is 5.80. The van der Waals surface area contributed by atoms with Gasteiger partial charge in [0.05, 0.1) is 5.69 Å². The molecule has 25 heavy (non-hydrogen) atoms.